The maximum absolute atomic E-state index is 11.7. The first-order valence-electron chi connectivity index (χ1n) is 6.82. The van der Waals surface area contributed by atoms with Crippen LogP contribution in [-0.2, 0) is 11.2 Å². The summed E-state index contributed by atoms with van der Waals surface area (Å²) in [5, 5.41) is 12.5. The highest BCUT2D eigenvalue weighted by molar-refractivity contribution is 7.16. The molecule has 0 saturated heterocycles. The Bertz CT molecular complexity index is 421. The van der Waals surface area contributed by atoms with Crippen LogP contribution < -0.4 is 5.32 Å². The van der Waals surface area contributed by atoms with E-state index in [4.69, 9.17) is 11.6 Å². The van der Waals surface area contributed by atoms with Crippen LogP contribution in [0.3, 0.4) is 0 Å². The van der Waals surface area contributed by atoms with Gasteiger partial charge in [-0.3, -0.25) is 4.79 Å². The van der Waals surface area contributed by atoms with Crippen molar-refractivity contribution >= 4 is 28.8 Å². The van der Waals surface area contributed by atoms with Crippen molar-refractivity contribution in [1.29, 1.82) is 0 Å². The van der Waals surface area contributed by atoms with Crippen molar-refractivity contribution in [3.05, 3.63) is 21.3 Å². The molecule has 2 unspecified atom stereocenters. The number of aliphatic hydroxyl groups is 1. The molecule has 0 bridgehead atoms. The Hall–Kier alpha value is -0.580. The van der Waals surface area contributed by atoms with Crippen molar-refractivity contribution in [2.45, 2.75) is 44.6 Å². The molecule has 5 heteroatoms. The van der Waals surface area contributed by atoms with Gasteiger partial charge in [-0.05, 0) is 43.7 Å². The molecule has 19 heavy (non-hydrogen) atoms. The molecular formula is C14H20ClNO2S. The number of halogens is 1. The Morgan fingerprint density at radius 2 is 2.32 bits per heavy atom. The van der Waals surface area contributed by atoms with E-state index in [1.807, 2.05) is 12.1 Å². The van der Waals surface area contributed by atoms with Crippen molar-refractivity contribution in [2.75, 3.05) is 6.54 Å². The molecule has 0 spiro atoms. The third-order valence-electron chi connectivity index (χ3n) is 3.57. The highest BCUT2D eigenvalue weighted by Gasteiger charge is 2.20. The number of hydrogen-bond donors (Lipinski definition) is 2. The van der Waals surface area contributed by atoms with Crippen LogP contribution in [0, 0.1) is 5.92 Å². The molecule has 0 aromatic carbocycles. The standard InChI is InChI=1S/C14H20ClNO2S/c15-13-6-4-12(19-13)5-7-14(18)16-9-10-2-1-3-11(17)8-10/h4,6,10-11,17H,1-3,5,7-9H2,(H,16,18). The minimum absolute atomic E-state index is 0.0876. The van der Waals surface area contributed by atoms with Gasteiger partial charge in [-0.1, -0.05) is 18.0 Å². The van der Waals surface area contributed by atoms with Crippen LogP contribution >= 0.6 is 22.9 Å². The topological polar surface area (TPSA) is 49.3 Å². The Balaban J connectivity index is 1.64. The van der Waals surface area contributed by atoms with E-state index < -0.39 is 0 Å². The van der Waals surface area contributed by atoms with Crippen LogP contribution in [0.5, 0.6) is 0 Å². The molecule has 2 atom stereocenters. The number of hydrogen-bond acceptors (Lipinski definition) is 3. The first-order valence-corrected chi connectivity index (χ1v) is 8.02. The molecule has 3 nitrogen and oxygen atoms in total. The van der Waals surface area contributed by atoms with E-state index in [9.17, 15) is 9.90 Å². The van der Waals surface area contributed by atoms with Gasteiger partial charge in [0, 0.05) is 17.8 Å². The molecule has 1 saturated carbocycles. The van der Waals surface area contributed by atoms with Gasteiger partial charge in [0.05, 0.1) is 10.4 Å². The Morgan fingerprint density at radius 3 is 3.00 bits per heavy atom. The van der Waals surface area contributed by atoms with Crippen LogP contribution in [0.2, 0.25) is 4.34 Å². The lowest BCUT2D eigenvalue weighted by atomic mass is 9.87. The van der Waals surface area contributed by atoms with Crippen molar-refractivity contribution in [3.63, 3.8) is 0 Å². The number of aliphatic hydroxyl groups excluding tert-OH is 1. The summed E-state index contributed by atoms with van der Waals surface area (Å²) in [6, 6.07) is 3.83. The lowest BCUT2D eigenvalue weighted by molar-refractivity contribution is -0.121. The zero-order chi connectivity index (χ0) is 13.7. The number of amides is 1. The second-order valence-electron chi connectivity index (χ2n) is 5.20. The summed E-state index contributed by atoms with van der Waals surface area (Å²) < 4.78 is 0.770. The highest BCUT2D eigenvalue weighted by Crippen LogP contribution is 2.24. The third kappa shape index (κ3) is 5.13. The molecule has 1 heterocycles. The number of carbonyl (C=O) groups excluding carboxylic acids is 1. The summed E-state index contributed by atoms with van der Waals surface area (Å²) in [4.78, 5) is 12.9. The normalized spacial score (nSPS) is 23.3. The van der Waals surface area contributed by atoms with E-state index in [-0.39, 0.29) is 12.0 Å². The van der Waals surface area contributed by atoms with Gasteiger partial charge in [-0.15, -0.1) is 11.3 Å². The van der Waals surface area contributed by atoms with Gasteiger partial charge in [0.25, 0.3) is 0 Å². The van der Waals surface area contributed by atoms with Gasteiger partial charge >= 0.3 is 0 Å². The van der Waals surface area contributed by atoms with Crippen molar-refractivity contribution in [1.82, 2.24) is 5.32 Å². The van der Waals surface area contributed by atoms with Crippen LogP contribution in [0.25, 0.3) is 0 Å². The first kappa shape index (κ1) is 14.8. The monoisotopic (exact) mass is 301 g/mol. The second-order valence-corrected chi connectivity index (χ2v) is 7.00. The average Bonchev–Trinajstić information content (AvgIpc) is 2.80. The molecule has 0 radical (unpaired) electrons. The van der Waals surface area contributed by atoms with E-state index in [2.05, 4.69) is 5.32 Å². The molecule has 1 aliphatic rings. The van der Waals surface area contributed by atoms with E-state index in [1.165, 1.54) is 11.3 Å². The molecule has 1 aromatic heterocycles. The lowest BCUT2D eigenvalue weighted by Gasteiger charge is -2.25. The fourth-order valence-corrected chi connectivity index (χ4v) is 3.60. The summed E-state index contributed by atoms with van der Waals surface area (Å²) in [5.74, 6) is 0.522. The summed E-state index contributed by atoms with van der Waals surface area (Å²) in [7, 11) is 0. The van der Waals surface area contributed by atoms with E-state index in [0.29, 0.717) is 18.9 Å². The van der Waals surface area contributed by atoms with Crippen molar-refractivity contribution < 1.29 is 9.90 Å². The van der Waals surface area contributed by atoms with Gasteiger partial charge < -0.3 is 10.4 Å². The van der Waals surface area contributed by atoms with E-state index in [1.54, 1.807) is 0 Å². The summed E-state index contributed by atoms with van der Waals surface area (Å²) in [6.07, 6.45) is 4.98. The average molecular weight is 302 g/mol. The Kier molecular flexibility index (Phi) is 5.67. The maximum atomic E-state index is 11.7. The second kappa shape index (κ2) is 7.27. The molecule has 0 aliphatic heterocycles. The van der Waals surface area contributed by atoms with E-state index in [0.717, 1.165) is 41.3 Å². The number of thiophene rings is 1. The number of carbonyl (C=O) groups is 1. The molecular weight excluding hydrogens is 282 g/mol. The lowest BCUT2D eigenvalue weighted by Crippen LogP contribution is -2.33. The van der Waals surface area contributed by atoms with Crippen molar-refractivity contribution in [3.8, 4) is 0 Å². The summed E-state index contributed by atoms with van der Waals surface area (Å²) in [6.45, 7) is 0.696. The fourth-order valence-electron chi connectivity index (χ4n) is 2.52. The minimum Gasteiger partial charge on any atom is -0.393 e. The molecule has 2 rings (SSSR count). The summed E-state index contributed by atoms with van der Waals surface area (Å²) in [5.41, 5.74) is 0. The van der Waals surface area contributed by atoms with Gasteiger partial charge in [0.15, 0.2) is 0 Å². The SMILES string of the molecule is O=C(CCc1ccc(Cl)s1)NCC1CCCC(O)C1. The van der Waals surface area contributed by atoms with Crippen molar-refractivity contribution in [2.24, 2.45) is 5.92 Å². The predicted molar refractivity (Wildman–Crippen MR) is 78.6 cm³/mol. The predicted octanol–water partition coefficient (Wildman–Crippen LogP) is 3.00. The van der Waals surface area contributed by atoms with Crippen LogP contribution in [0.15, 0.2) is 12.1 Å². The molecule has 1 amide bonds. The molecule has 1 aliphatic carbocycles. The molecule has 2 N–H and O–H groups in total. The number of nitrogens with one attached hydrogen (secondary N) is 1. The van der Waals surface area contributed by atoms with Gasteiger partial charge in [0.1, 0.15) is 0 Å². The fraction of sp³-hybridized carbons (Fsp3) is 0.643. The smallest absolute Gasteiger partial charge is 0.220 e. The van der Waals surface area contributed by atoms with Gasteiger partial charge in [-0.25, -0.2) is 0 Å². The van der Waals surface area contributed by atoms with E-state index >= 15 is 0 Å². The number of rotatable bonds is 5. The molecule has 1 fully saturated rings. The van der Waals surface area contributed by atoms with Gasteiger partial charge in [0.2, 0.25) is 5.91 Å². The first-order chi connectivity index (χ1) is 9.13. The Labute approximate surface area is 123 Å². The zero-order valence-electron chi connectivity index (χ0n) is 10.9. The number of aryl methyl sites for hydroxylation is 1. The third-order valence-corrected chi connectivity index (χ3v) is 4.86. The maximum Gasteiger partial charge on any atom is 0.220 e. The quantitative estimate of drug-likeness (QED) is 0.878. The van der Waals surface area contributed by atoms with Crippen LogP contribution in [0.4, 0.5) is 0 Å². The zero-order valence-corrected chi connectivity index (χ0v) is 12.5. The Morgan fingerprint density at radius 1 is 1.47 bits per heavy atom. The molecule has 1 aromatic rings. The molecule has 106 valence electrons. The van der Waals surface area contributed by atoms with Gasteiger partial charge in [-0.2, -0.15) is 0 Å². The minimum atomic E-state index is -0.177. The van der Waals surface area contributed by atoms with Crippen LogP contribution in [0.1, 0.15) is 37.0 Å². The largest absolute Gasteiger partial charge is 0.393 e. The highest BCUT2D eigenvalue weighted by atomic mass is 35.5. The van der Waals surface area contributed by atoms with Crippen LogP contribution in [-0.4, -0.2) is 23.7 Å². The summed E-state index contributed by atoms with van der Waals surface area (Å²) >= 11 is 7.37.